The lowest BCUT2D eigenvalue weighted by atomic mass is 10.1. The van der Waals surface area contributed by atoms with Crippen LogP contribution in [0.25, 0.3) is 10.4 Å². The lowest BCUT2D eigenvalue weighted by molar-refractivity contribution is 0.0985. The summed E-state index contributed by atoms with van der Waals surface area (Å²) >= 11 is 1.46. The largest absolute Gasteiger partial charge is 0.493 e. The van der Waals surface area contributed by atoms with Gasteiger partial charge in [0.15, 0.2) is 11.5 Å². The molecular formula is C26H27FN2O3S. The highest BCUT2D eigenvalue weighted by Gasteiger charge is 2.29. The minimum Gasteiger partial charge on any atom is -0.493 e. The van der Waals surface area contributed by atoms with Crippen molar-refractivity contribution < 1.29 is 18.7 Å². The molecule has 172 valence electrons. The molecule has 7 heteroatoms. The summed E-state index contributed by atoms with van der Waals surface area (Å²) in [5.74, 6) is 1.04. The van der Waals surface area contributed by atoms with Crippen LogP contribution in [0.3, 0.4) is 0 Å². The molecule has 1 unspecified atom stereocenters. The molecule has 1 atom stereocenters. The van der Waals surface area contributed by atoms with Gasteiger partial charge in [-0.3, -0.25) is 4.79 Å². The second-order valence-corrected chi connectivity index (χ2v) is 9.50. The molecule has 1 N–H and O–H groups in total. The number of carbonyl (C=O) groups is 1. The first-order valence-electron chi connectivity index (χ1n) is 11.4. The van der Waals surface area contributed by atoms with E-state index >= 15 is 0 Å². The van der Waals surface area contributed by atoms with Gasteiger partial charge >= 0.3 is 0 Å². The Morgan fingerprint density at radius 1 is 1.15 bits per heavy atom. The number of nitrogens with one attached hydrogen (secondary N) is 1. The van der Waals surface area contributed by atoms with E-state index in [9.17, 15) is 9.18 Å². The van der Waals surface area contributed by atoms with Gasteiger partial charge in [0, 0.05) is 29.2 Å². The molecule has 0 saturated carbocycles. The minimum atomic E-state index is -0.265. The van der Waals surface area contributed by atoms with Crippen LogP contribution in [0.2, 0.25) is 0 Å². The van der Waals surface area contributed by atoms with Crippen LogP contribution in [0.1, 0.15) is 34.5 Å². The van der Waals surface area contributed by atoms with Crippen molar-refractivity contribution in [3.05, 3.63) is 64.8 Å². The number of halogens is 1. The van der Waals surface area contributed by atoms with E-state index < -0.39 is 0 Å². The average molecular weight is 467 g/mol. The number of amides is 1. The molecule has 5 nitrogen and oxygen atoms in total. The Balaban J connectivity index is 1.31. The van der Waals surface area contributed by atoms with E-state index in [2.05, 4.69) is 11.4 Å². The Hall–Kier alpha value is -2.90. The predicted molar refractivity (Wildman–Crippen MR) is 129 cm³/mol. The Bertz CT molecular complexity index is 1140. The molecule has 1 saturated heterocycles. The number of ether oxygens (including phenoxy) is 2. The van der Waals surface area contributed by atoms with Gasteiger partial charge in [0.2, 0.25) is 0 Å². The van der Waals surface area contributed by atoms with Crippen molar-refractivity contribution in [3.63, 3.8) is 0 Å². The van der Waals surface area contributed by atoms with E-state index in [-0.39, 0.29) is 11.7 Å². The Kier molecular flexibility index (Phi) is 6.33. The van der Waals surface area contributed by atoms with Crippen molar-refractivity contribution >= 4 is 22.9 Å². The molecule has 1 aromatic heterocycles. The van der Waals surface area contributed by atoms with Gasteiger partial charge in [-0.15, -0.1) is 11.3 Å². The maximum Gasteiger partial charge on any atom is 0.268 e. The van der Waals surface area contributed by atoms with Crippen LogP contribution in [0, 0.1) is 5.82 Å². The summed E-state index contributed by atoms with van der Waals surface area (Å²) in [6, 6.07) is 14.7. The molecule has 33 heavy (non-hydrogen) atoms. The van der Waals surface area contributed by atoms with Crippen molar-refractivity contribution in [3.8, 4) is 21.9 Å². The van der Waals surface area contributed by atoms with E-state index in [0.717, 1.165) is 46.0 Å². The van der Waals surface area contributed by atoms with E-state index in [1.807, 2.05) is 18.2 Å². The number of hydrogen-bond acceptors (Lipinski definition) is 5. The molecule has 1 fully saturated rings. The number of benzene rings is 2. The number of thiophene rings is 1. The Labute approximate surface area is 197 Å². The summed E-state index contributed by atoms with van der Waals surface area (Å²) in [5, 5.41) is 3.48. The summed E-state index contributed by atoms with van der Waals surface area (Å²) in [4.78, 5) is 16.8. The number of fused-ring (bicyclic) bond motifs is 1. The summed E-state index contributed by atoms with van der Waals surface area (Å²) in [5.41, 5.74) is 2.77. The van der Waals surface area contributed by atoms with Gasteiger partial charge in [-0.2, -0.15) is 0 Å². The van der Waals surface area contributed by atoms with Crippen LogP contribution in [-0.4, -0.2) is 38.8 Å². The normalized spacial score (nSPS) is 17.8. The fraction of sp³-hybridized carbons (Fsp3) is 0.346. The Morgan fingerprint density at radius 2 is 2.00 bits per heavy atom. The van der Waals surface area contributed by atoms with Gasteiger partial charge in [-0.1, -0.05) is 12.1 Å². The zero-order valence-corrected chi connectivity index (χ0v) is 19.4. The molecule has 3 aromatic rings. The fourth-order valence-electron chi connectivity index (χ4n) is 4.51. The summed E-state index contributed by atoms with van der Waals surface area (Å²) in [6.45, 7) is 2.31. The summed E-state index contributed by atoms with van der Waals surface area (Å²) < 4.78 is 24.8. The molecule has 2 aromatic carbocycles. The number of carbonyl (C=O) groups excluding carboxylic acids is 1. The molecule has 1 amide bonds. The van der Waals surface area contributed by atoms with Crippen molar-refractivity contribution in [1.29, 1.82) is 0 Å². The van der Waals surface area contributed by atoms with Crippen LogP contribution >= 0.6 is 11.3 Å². The van der Waals surface area contributed by atoms with Crippen LogP contribution in [0.5, 0.6) is 11.5 Å². The topological polar surface area (TPSA) is 50.8 Å². The highest BCUT2D eigenvalue weighted by Crippen LogP contribution is 2.38. The Morgan fingerprint density at radius 3 is 2.76 bits per heavy atom. The van der Waals surface area contributed by atoms with Gasteiger partial charge in [0.05, 0.1) is 18.6 Å². The zero-order valence-electron chi connectivity index (χ0n) is 18.6. The van der Waals surface area contributed by atoms with Crippen molar-refractivity contribution in [1.82, 2.24) is 5.32 Å². The molecule has 2 aliphatic heterocycles. The molecule has 0 bridgehead atoms. The molecule has 0 radical (unpaired) electrons. The molecule has 0 aliphatic carbocycles. The first-order chi connectivity index (χ1) is 16.1. The number of hydrogen-bond donors (Lipinski definition) is 1. The molecule has 2 aliphatic rings. The quantitative estimate of drug-likeness (QED) is 0.514. The smallest absolute Gasteiger partial charge is 0.268 e. The average Bonchev–Trinajstić information content (AvgIpc) is 3.51. The lowest BCUT2D eigenvalue weighted by Crippen LogP contribution is -2.36. The van der Waals surface area contributed by atoms with Gasteiger partial charge in [-0.05, 0) is 73.7 Å². The van der Waals surface area contributed by atoms with Gasteiger partial charge in [0.25, 0.3) is 5.91 Å². The number of anilines is 1. The number of rotatable bonds is 7. The van der Waals surface area contributed by atoms with Crippen LogP contribution in [-0.2, 0) is 6.42 Å². The summed E-state index contributed by atoms with van der Waals surface area (Å²) in [6.07, 6.45) is 4.16. The van der Waals surface area contributed by atoms with Gasteiger partial charge in [0.1, 0.15) is 5.82 Å². The summed E-state index contributed by atoms with van der Waals surface area (Å²) in [7, 11) is 1.62. The number of methoxy groups -OCH3 is 1. The maximum absolute atomic E-state index is 13.3. The highest BCUT2D eigenvalue weighted by atomic mass is 32.1. The monoisotopic (exact) mass is 466 g/mol. The molecule has 5 rings (SSSR count). The van der Waals surface area contributed by atoms with Crippen LogP contribution < -0.4 is 19.7 Å². The zero-order chi connectivity index (χ0) is 22.8. The SMILES string of the molecule is COc1cc(N2CCc3cc(-c4ccc(F)cc4)sc3C2=O)ccc1OCCC1CCCN1. The molecule has 0 spiro atoms. The van der Waals surface area contributed by atoms with E-state index in [1.54, 1.807) is 24.1 Å². The van der Waals surface area contributed by atoms with E-state index in [0.29, 0.717) is 30.7 Å². The minimum absolute atomic E-state index is 0.0161. The van der Waals surface area contributed by atoms with Gasteiger partial charge < -0.3 is 19.7 Å². The van der Waals surface area contributed by atoms with Crippen molar-refractivity contribution in [2.75, 3.05) is 31.7 Å². The number of nitrogens with zero attached hydrogens (tertiary/aromatic N) is 1. The first kappa shape index (κ1) is 21.9. The second-order valence-electron chi connectivity index (χ2n) is 8.44. The third kappa shape index (κ3) is 4.61. The van der Waals surface area contributed by atoms with E-state index in [1.165, 1.54) is 36.3 Å². The lowest BCUT2D eigenvalue weighted by Gasteiger charge is -2.27. The third-order valence-corrected chi connectivity index (χ3v) is 7.54. The fourth-order valence-corrected chi connectivity index (χ4v) is 5.68. The van der Waals surface area contributed by atoms with E-state index in [4.69, 9.17) is 9.47 Å². The van der Waals surface area contributed by atoms with Crippen molar-refractivity contribution in [2.45, 2.75) is 31.7 Å². The highest BCUT2D eigenvalue weighted by molar-refractivity contribution is 7.17. The first-order valence-corrected chi connectivity index (χ1v) is 12.2. The maximum atomic E-state index is 13.3. The predicted octanol–water partition coefficient (Wildman–Crippen LogP) is 5.29. The molecular weight excluding hydrogens is 439 g/mol. The standard InChI is InChI=1S/C26H27FN2O3S/c1-31-23-16-21(8-9-22(23)32-14-11-20-3-2-12-28-20)29-13-10-18-15-24(33-25(18)26(29)30)17-4-6-19(27)7-5-17/h4-9,15-16,20,28H,2-3,10-14H2,1H3. The van der Waals surface area contributed by atoms with Crippen LogP contribution in [0.15, 0.2) is 48.5 Å². The second kappa shape index (κ2) is 9.53. The third-order valence-electron chi connectivity index (χ3n) is 6.33. The van der Waals surface area contributed by atoms with Gasteiger partial charge in [-0.25, -0.2) is 4.39 Å². The van der Waals surface area contributed by atoms with Crippen molar-refractivity contribution in [2.24, 2.45) is 0 Å². The molecule has 3 heterocycles. The van der Waals surface area contributed by atoms with Crippen LogP contribution in [0.4, 0.5) is 10.1 Å².